The number of aryl methyl sites for hydroxylation is 1. The second-order valence-electron chi connectivity index (χ2n) is 4.99. The highest BCUT2D eigenvalue weighted by Gasteiger charge is 2.31. The Morgan fingerprint density at radius 2 is 1.85 bits per heavy atom. The lowest BCUT2D eigenvalue weighted by atomic mass is 10.1. The lowest BCUT2D eigenvalue weighted by Crippen LogP contribution is -2.40. The van der Waals surface area contributed by atoms with Crippen molar-refractivity contribution in [3.8, 4) is 5.75 Å². The molecular formula is C14H21NO4S. The molecule has 0 bridgehead atoms. The maximum atomic E-state index is 12.7. The number of ether oxygens (including phenoxy) is 2. The Morgan fingerprint density at radius 1 is 1.20 bits per heavy atom. The number of hydrogen-bond acceptors (Lipinski definition) is 4. The molecule has 1 aliphatic rings. The molecule has 20 heavy (non-hydrogen) atoms. The number of piperidine rings is 1. The van der Waals surface area contributed by atoms with Gasteiger partial charge >= 0.3 is 0 Å². The van der Waals surface area contributed by atoms with E-state index in [0.717, 1.165) is 18.4 Å². The lowest BCUT2D eigenvalue weighted by Gasteiger charge is -2.30. The molecule has 0 saturated carbocycles. The van der Waals surface area contributed by atoms with Crippen molar-refractivity contribution in [3.05, 3.63) is 23.8 Å². The first kappa shape index (κ1) is 15.3. The summed E-state index contributed by atoms with van der Waals surface area (Å²) in [7, 11) is -0.354. The van der Waals surface area contributed by atoms with E-state index >= 15 is 0 Å². The van der Waals surface area contributed by atoms with E-state index in [1.165, 1.54) is 11.4 Å². The zero-order valence-electron chi connectivity index (χ0n) is 12.1. The normalized spacial score (nSPS) is 18.1. The number of hydrogen-bond donors (Lipinski definition) is 0. The Kier molecular flexibility index (Phi) is 4.67. The van der Waals surface area contributed by atoms with Gasteiger partial charge in [-0.15, -0.1) is 0 Å². The van der Waals surface area contributed by atoms with E-state index in [0.29, 0.717) is 18.8 Å². The molecule has 0 atom stereocenters. The standard InChI is InChI=1S/C14H21NO4S/c1-11-4-5-13(19-3)14(10-11)20(16,17)15-8-6-12(18-2)7-9-15/h4-5,10,12H,6-9H2,1-3H3. The highest BCUT2D eigenvalue weighted by atomic mass is 32.2. The fraction of sp³-hybridized carbons (Fsp3) is 0.571. The van der Waals surface area contributed by atoms with Gasteiger partial charge in [0.2, 0.25) is 10.0 Å². The van der Waals surface area contributed by atoms with Gasteiger partial charge in [-0.2, -0.15) is 4.31 Å². The van der Waals surface area contributed by atoms with Crippen molar-refractivity contribution in [3.63, 3.8) is 0 Å². The predicted molar refractivity (Wildman–Crippen MR) is 76.5 cm³/mol. The Labute approximate surface area is 120 Å². The van der Waals surface area contributed by atoms with Crippen LogP contribution in [0.5, 0.6) is 5.75 Å². The van der Waals surface area contributed by atoms with Crippen molar-refractivity contribution in [1.29, 1.82) is 0 Å². The average molecular weight is 299 g/mol. The van der Waals surface area contributed by atoms with Crippen LogP contribution in [0.3, 0.4) is 0 Å². The number of rotatable bonds is 4. The third-order valence-corrected chi connectivity index (χ3v) is 5.59. The molecule has 0 aliphatic carbocycles. The molecule has 1 aliphatic heterocycles. The monoisotopic (exact) mass is 299 g/mol. The second kappa shape index (κ2) is 6.11. The smallest absolute Gasteiger partial charge is 0.246 e. The van der Waals surface area contributed by atoms with E-state index in [-0.39, 0.29) is 11.0 Å². The van der Waals surface area contributed by atoms with Crippen LogP contribution in [0.15, 0.2) is 23.1 Å². The zero-order chi connectivity index (χ0) is 14.8. The lowest BCUT2D eigenvalue weighted by molar-refractivity contribution is 0.0604. The van der Waals surface area contributed by atoms with E-state index in [4.69, 9.17) is 9.47 Å². The van der Waals surface area contributed by atoms with E-state index in [1.807, 2.05) is 13.0 Å². The van der Waals surface area contributed by atoms with Crippen LogP contribution < -0.4 is 4.74 Å². The molecule has 0 unspecified atom stereocenters. The van der Waals surface area contributed by atoms with Gasteiger partial charge in [0.25, 0.3) is 0 Å². The summed E-state index contributed by atoms with van der Waals surface area (Å²) in [4.78, 5) is 0.246. The minimum absolute atomic E-state index is 0.154. The largest absolute Gasteiger partial charge is 0.495 e. The molecule has 0 N–H and O–H groups in total. The first-order valence-electron chi connectivity index (χ1n) is 6.66. The summed E-state index contributed by atoms with van der Waals surface area (Å²) >= 11 is 0. The predicted octanol–water partition coefficient (Wildman–Crippen LogP) is 1.80. The quantitative estimate of drug-likeness (QED) is 0.851. The molecule has 1 heterocycles. The van der Waals surface area contributed by atoms with Gasteiger partial charge in [0, 0.05) is 20.2 Å². The first-order valence-corrected chi connectivity index (χ1v) is 8.10. The van der Waals surface area contributed by atoms with Crippen LogP contribution in [0, 0.1) is 6.92 Å². The van der Waals surface area contributed by atoms with E-state index < -0.39 is 10.0 Å². The fourth-order valence-corrected chi connectivity index (χ4v) is 4.14. The Morgan fingerprint density at radius 3 is 2.40 bits per heavy atom. The maximum absolute atomic E-state index is 12.7. The molecule has 6 heteroatoms. The van der Waals surface area contributed by atoms with Gasteiger partial charge in [-0.05, 0) is 37.5 Å². The van der Waals surface area contributed by atoms with Gasteiger partial charge in [0.15, 0.2) is 0 Å². The van der Waals surface area contributed by atoms with Crippen LogP contribution in [-0.2, 0) is 14.8 Å². The van der Waals surface area contributed by atoms with Crippen molar-refractivity contribution >= 4 is 10.0 Å². The SMILES string of the molecule is COc1ccc(C)cc1S(=O)(=O)N1CCC(OC)CC1. The first-order chi connectivity index (χ1) is 9.48. The van der Waals surface area contributed by atoms with Gasteiger partial charge in [-0.1, -0.05) is 6.07 Å². The van der Waals surface area contributed by atoms with E-state index in [9.17, 15) is 8.42 Å². The third-order valence-electron chi connectivity index (χ3n) is 3.67. The maximum Gasteiger partial charge on any atom is 0.246 e. The van der Waals surface area contributed by atoms with Gasteiger partial charge < -0.3 is 9.47 Å². The molecule has 112 valence electrons. The van der Waals surface area contributed by atoms with Gasteiger partial charge in [0.05, 0.1) is 13.2 Å². The average Bonchev–Trinajstić information content (AvgIpc) is 2.47. The molecule has 0 aromatic heterocycles. The highest BCUT2D eigenvalue weighted by molar-refractivity contribution is 7.89. The van der Waals surface area contributed by atoms with Gasteiger partial charge in [-0.3, -0.25) is 0 Å². The Hall–Kier alpha value is -1.11. The minimum atomic E-state index is -3.51. The van der Waals surface area contributed by atoms with Gasteiger partial charge in [0.1, 0.15) is 10.6 Å². The molecule has 0 spiro atoms. The third kappa shape index (κ3) is 2.97. The van der Waals surface area contributed by atoms with Crippen LogP contribution in [0.25, 0.3) is 0 Å². The molecular weight excluding hydrogens is 278 g/mol. The summed E-state index contributed by atoms with van der Waals surface area (Å²) in [5.74, 6) is 0.393. The molecule has 1 aromatic carbocycles. The zero-order valence-corrected chi connectivity index (χ0v) is 12.9. The van der Waals surface area contributed by atoms with Crippen molar-refractivity contribution in [2.75, 3.05) is 27.3 Å². The summed E-state index contributed by atoms with van der Waals surface area (Å²) in [6.07, 6.45) is 1.61. The summed E-state index contributed by atoms with van der Waals surface area (Å²) in [5.41, 5.74) is 0.899. The molecule has 2 rings (SSSR count). The van der Waals surface area contributed by atoms with Crippen LogP contribution in [0.2, 0.25) is 0 Å². The van der Waals surface area contributed by atoms with Gasteiger partial charge in [-0.25, -0.2) is 8.42 Å². The molecule has 1 aromatic rings. The fourth-order valence-electron chi connectivity index (χ4n) is 2.43. The minimum Gasteiger partial charge on any atom is -0.495 e. The Bertz CT molecular complexity index is 563. The summed E-state index contributed by atoms with van der Waals surface area (Å²) < 4.78 is 37.4. The summed E-state index contributed by atoms with van der Waals surface area (Å²) in [6, 6.07) is 5.20. The van der Waals surface area contributed by atoms with Crippen molar-refractivity contribution in [1.82, 2.24) is 4.31 Å². The van der Waals surface area contributed by atoms with E-state index in [1.54, 1.807) is 19.2 Å². The summed E-state index contributed by atoms with van der Waals surface area (Å²) in [6.45, 7) is 2.84. The number of methoxy groups -OCH3 is 2. The van der Waals surface area contributed by atoms with Crippen LogP contribution in [0.4, 0.5) is 0 Å². The second-order valence-corrected chi connectivity index (χ2v) is 6.90. The number of sulfonamides is 1. The van der Waals surface area contributed by atoms with Crippen LogP contribution in [0.1, 0.15) is 18.4 Å². The topological polar surface area (TPSA) is 55.8 Å². The number of benzene rings is 1. The molecule has 5 nitrogen and oxygen atoms in total. The summed E-state index contributed by atoms with van der Waals surface area (Å²) in [5, 5.41) is 0. The Balaban J connectivity index is 2.29. The van der Waals surface area contributed by atoms with Crippen molar-refractivity contribution in [2.24, 2.45) is 0 Å². The molecule has 1 saturated heterocycles. The molecule has 0 radical (unpaired) electrons. The highest BCUT2D eigenvalue weighted by Crippen LogP contribution is 2.29. The molecule has 0 amide bonds. The van der Waals surface area contributed by atoms with Crippen LogP contribution in [-0.4, -0.2) is 46.1 Å². The van der Waals surface area contributed by atoms with Crippen molar-refractivity contribution < 1.29 is 17.9 Å². The number of nitrogens with zero attached hydrogens (tertiary/aromatic N) is 1. The molecule has 1 fully saturated rings. The van der Waals surface area contributed by atoms with Crippen LogP contribution >= 0.6 is 0 Å². The van der Waals surface area contributed by atoms with Crippen molar-refractivity contribution in [2.45, 2.75) is 30.8 Å². The van der Waals surface area contributed by atoms with E-state index in [2.05, 4.69) is 0 Å².